The van der Waals surface area contributed by atoms with Gasteiger partial charge in [0, 0.05) is 18.8 Å². The van der Waals surface area contributed by atoms with E-state index in [0.717, 1.165) is 0 Å². The average Bonchev–Trinajstić information content (AvgIpc) is 2.89. The van der Waals surface area contributed by atoms with Gasteiger partial charge in [0.05, 0.1) is 11.6 Å². The summed E-state index contributed by atoms with van der Waals surface area (Å²) in [6, 6.07) is 5.16. The lowest BCUT2D eigenvalue weighted by molar-refractivity contribution is 0.583. The molecule has 3 heterocycles. The van der Waals surface area contributed by atoms with Crippen molar-refractivity contribution in [2.75, 3.05) is 0 Å². The molecule has 0 radical (unpaired) electrons. The van der Waals surface area contributed by atoms with Gasteiger partial charge in [0.1, 0.15) is 11.4 Å². The number of fused-ring (bicyclic) bond motifs is 1. The van der Waals surface area contributed by atoms with Crippen molar-refractivity contribution in [3.63, 3.8) is 0 Å². The molecular formula is C12H9N3O3. The molecule has 0 saturated carbocycles. The molecule has 0 aliphatic carbocycles. The van der Waals surface area contributed by atoms with Crippen LogP contribution in [0.4, 0.5) is 0 Å². The molecular weight excluding hydrogens is 234 g/mol. The maximum absolute atomic E-state index is 11.9. The summed E-state index contributed by atoms with van der Waals surface area (Å²) >= 11 is 0. The number of rotatable bonds is 1. The van der Waals surface area contributed by atoms with E-state index in [4.69, 9.17) is 4.42 Å². The van der Waals surface area contributed by atoms with Gasteiger partial charge in [-0.05, 0) is 18.2 Å². The van der Waals surface area contributed by atoms with Crippen molar-refractivity contribution in [2.24, 2.45) is 7.05 Å². The molecule has 90 valence electrons. The lowest BCUT2D eigenvalue weighted by atomic mass is 10.1. The molecule has 0 aliphatic rings. The van der Waals surface area contributed by atoms with Gasteiger partial charge in [-0.3, -0.25) is 14.3 Å². The van der Waals surface area contributed by atoms with E-state index >= 15 is 0 Å². The Morgan fingerprint density at radius 2 is 2.17 bits per heavy atom. The van der Waals surface area contributed by atoms with Crippen LogP contribution in [0.3, 0.4) is 0 Å². The SMILES string of the molecule is Cn1c(=O)[nH]c(=O)c2c(-c3ccco3)ccnc21. The van der Waals surface area contributed by atoms with Crippen LogP contribution >= 0.6 is 0 Å². The molecule has 6 nitrogen and oxygen atoms in total. The van der Waals surface area contributed by atoms with Crippen molar-refractivity contribution < 1.29 is 4.42 Å². The predicted molar refractivity (Wildman–Crippen MR) is 65.3 cm³/mol. The largest absolute Gasteiger partial charge is 0.464 e. The van der Waals surface area contributed by atoms with Crippen molar-refractivity contribution in [3.8, 4) is 11.3 Å². The van der Waals surface area contributed by atoms with Gasteiger partial charge in [-0.25, -0.2) is 9.78 Å². The Morgan fingerprint density at radius 1 is 1.33 bits per heavy atom. The number of pyridine rings is 1. The van der Waals surface area contributed by atoms with Gasteiger partial charge in [0.2, 0.25) is 0 Å². The number of hydrogen-bond donors (Lipinski definition) is 1. The zero-order chi connectivity index (χ0) is 12.7. The van der Waals surface area contributed by atoms with Crippen LogP contribution in [-0.2, 0) is 7.05 Å². The molecule has 0 spiro atoms. The van der Waals surface area contributed by atoms with Crippen molar-refractivity contribution in [1.29, 1.82) is 0 Å². The van der Waals surface area contributed by atoms with E-state index in [1.165, 1.54) is 10.8 Å². The number of aromatic nitrogens is 3. The predicted octanol–water partition coefficient (Wildman–Crippen LogP) is 0.882. The Labute approximate surface area is 101 Å². The van der Waals surface area contributed by atoms with Gasteiger partial charge in [-0.1, -0.05) is 0 Å². The summed E-state index contributed by atoms with van der Waals surface area (Å²) in [5.41, 5.74) is -0.0105. The van der Waals surface area contributed by atoms with Crippen LogP contribution in [0.1, 0.15) is 0 Å². The summed E-state index contributed by atoms with van der Waals surface area (Å²) in [5.74, 6) is 0.562. The summed E-state index contributed by atoms with van der Waals surface area (Å²) in [7, 11) is 1.56. The number of aryl methyl sites for hydroxylation is 1. The van der Waals surface area contributed by atoms with Crippen molar-refractivity contribution in [3.05, 3.63) is 51.5 Å². The number of hydrogen-bond acceptors (Lipinski definition) is 4. The first-order chi connectivity index (χ1) is 8.68. The van der Waals surface area contributed by atoms with E-state index < -0.39 is 11.2 Å². The topological polar surface area (TPSA) is 80.9 Å². The molecule has 3 rings (SSSR count). The van der Waals surface area contributed by atoms with E-state index in [1.54, 1.807) is 31.4 Å². The quantitative estimate of drug-likeness (QED) is 0.688. The molecule has 0 aliphatic heterocycles. The third kappa shape index (κ3) is 1.39. The van der Waals surface area contributed by atoms with Gasteiger partial charge in [-0.15, -0.1) is 0 Å². The van der Waals surface area contributed by atoms with Crippen LogP contribution in [-0.4, -0.2) is 14.5 Å². The molecule has 1 N–H and O–H groups in total. The first-order valence-corrected chi connectivity index (χ1v) is 5.30. The second kappa shape index (κ2) is 3.69. The first-order valence-electron chi connectivity index (χ1n) is 5.30. The van der Waals surface area contributed by atoms with E-state index in [2.05, 4.69) is 9.97 Å². The fraction of sp³-hybridized carbons (Fsp3) is 0.0833. The van der Waals surface area contributed by atoms with Crippen molar-refractivity contribution >= 4 is 11.0 Å². The van der Waals surface area contributed by atoms with Gasteiger partial charge >= 0.3 is 5.69 Å². The summed E-state index contributed by atoms with van der Waals surface area (Å²) in [4.78, 5) is 29.7. The fourth-order valence-corrected chi connectivity index (χ4v) is 1.91. The Bertz CT molecular complexity index is 828. The van der Waals surface area contributed by atoms with E-state index in [9.17, 15) is 9.59 Å². The summed E-state index contributed by atoms with van der Waals surface area (Å²) in [6.07, 6.45) is 3.07. The van der Waals surface area contributed by atoms with Gasteiger partial charge in [-0.2, -0.15) is 0 Å². The Hall–Kier alpha value is -2.63. The van der Waals surface area contributed by atoms with Crippen LogP contribution in [0.2, 0.25) is 0 Å². The fourth-order valence-electron chi connectivity index (χ4n) is 1.91. The van der Waals surface area contributed by atoms with Gasteiger partial charge in [0.25, 0.3) is 5.56 Å². The molecule has 0 saturated heterocycles. The van der Waals surface area contributed by atoms with Crippen LogP contribution in [0.5, 0.6) is 0 Å². The summed E-state index contributed by atoms with van der Waals surface area (Å²) < 4.78 is 6.58. The second-order valence-electron chi connectivity index (χ2n) is 3.85. The molecule has 0 amide bonds. The monoisotopic (exact) mass is 243 g/mol. The first kappa shape index (κ1) is 10.5. The minimum atomic E-state index is -0.489. The second-order valence-corrected chi connectivity index (χ2v) is 3.85. The zero-order valence-electron chi connectivity index (χ0n) is 9.51. The third-order valence-corrected chi connectivity index (χ3v) is 2.79. The highest BCUT2D eigenvalue weighted by Gasteiger charge is 2.13. The minimum Gasteiger partial charge on any atom is -0.464 e. The lowest BCUT2D eigenvalue weighted by Crippen LogP contribution is -2.29. The molecule has 3 aromatic heterocycles. The van der Waals surface area contributed by atoms with Crippen molar-refractivity contribution in [2.45, 2.75) is 0 Å². The Morgan fingerprint density at radius 3 is 2.89 bits per heavy atom. The normalized spacial score (nSPS) is 10.9. The lowest BCUT2D eigenvalue weighted by Gasteiger charge is -2.05. The van der Waals surface area contributed by atoms with Crippen LogP contribution in [0.25, 0.3) is 22.4 Å². The highest BCUT2D eigenvalue weighted by Crippen LogP contribution is 2.24. The van der Waals surface area contributed by atoms with Gasteiger partial charge in [0.15, 0.2) is 0 Å². The van der Waals surface area contributed by atoms with E-state index in [-0.39, 0.29) is 0 Å². The zero-order valence-corrected chi connectivity index (χ0v) is 9.51. The molecule has 3 aromatic rings. The highest BCUT2D eigenvalue weighted by molar-refractivity contribution is 5.90. The number of furan rings is 1. The average molecular weight is 243 g/mol. The number of aromatic amines is 1. The maximum atomic E-state index is 11.9. The van der Waals surface area contributed by atoms with Crippen LogP contribution in [0.15, 0.2) is 44.7 Å². The van der Waals surface area contributed by atoms with E-state index in [1.807, 2.05) is 0 Å². The number of H-pyrrole nitrogens is 1. The molecule has 0 unspecified atom stereocenters. The highest BCUT2D eigenvalue weighted by atomic mass is 16.3. The smallest absolute Gasteiger partial charge is 0.329 e. The minimum absolute atomic E-state index is 0.331. The molecule has 6 heteroatoms. The van der Waals surface area contributed by atoms with E-state index in [0.29, 0.717) is 22.4 Å². The maximum Gasteiger partial charge on any atom is 0.329 e. The third-order valence-electron chi connectivity index (χ3n) is 2.79. The Kier molecular flexibility index (Phi) is 2.16. The summed E-state index contributed by atoms with van der Waals surface area (Å²) in [5, 5.41) is 0.342. The molecule has 0 bridgehead atoms. The molecule has 0 fully saturated rings. The standard InChI is InChI=1S/C12H9N3O3/c1-15-10-9(11(16)14-12(15)17)7(4-5-13-10)8-3-2-6-18-8/h2-6H,1H3,(H,14,16,17). The molecule has 18 heavy (non-hydrogen) atoms. The van der Waals surface area contributed by atoms with Crippen molar-refractivity contribution in [1.82, 2.24) is 14.5 Å². The van der Waals surface area contributed by atoms with Crippen LogP contribution in [0, 0.1) is 0 Å². The number of nitrogens with one attached hydrogen (secondary N) is 1. The van der Waals surface area contributed by atoms with Gasteiger partial charge < -0.3 is 4.42 Å². The Balaban J connectivity index is 2.53. The number of nitrogens with zero attached hydrogens (tertiary/aromatic N) is 2. The summed E-state index contributed by atoms with van der Waals surface area (Å²) in [6.45, 7) is 0. The van der Waals surface area contributed by atoms with Crippen LogP contribution < -0.4 is 11.2 Å². The molecule has 0 aromatic carbocycles. The molecule has 0 atom stereocenters.